The summed E-state index contributed by atoms with van der Waals surface area (Å²) < 4.78 is 5.39. The molecule has 0 aliphatic rings. The molecule has 112 valence electrons. The van der Waals surface area contributed by atoms with Crippen LogP contribution < -0.4 is 15.8 Å². The number of carbonyl (C=O) groups is 1. The van der Waals surface area contributed by atoms with Gasteiger partial charge >= 0.3 is 0 Å². The third-order valence-electron chi connectivity index (χ3n) is 3.18. The number of nitrogens with two attached hydrogens (primary N) is 1. The second-order valence-electron chi connectivity index (χ2n) is 4.47. The minimum atomic E-state index is -0.0990. The van der Waals surface area contributed by atoms with Crippen LogP contribution in [0.4, 0.5) is 5.69 Å². The van der Waals surface area contributed by atoms with Crippen molar-refractivity contribution in [1.82, 2.24) is 10.2 Å². The van der Waals surface area contributed by atoms with Gasteiger partial charge in [-0.25, -0.2) is 0 Å². The van der Waals surface area contributed by atoms with Gasteiger partial charge in [-0.2, -0.15) is 0 Å². The molecule has 0 bridgehead atoms. The molecule has 5 nitrogen and oxygen atoms in total. The molecule has 1 aromatic rings. The molecule has 0 aliphatic heterocycles. The van der Waals surface area contributed by atoms with Crippen molar-refractivity contribution < 1.29 is 9.53 Å². The highest BCUT2D eigenvalue weighted by Crippen LogP contribution is 2.22. The molecule has 0 unspecified atom stereocenters. The van der Waals surface area contributed by atoms with Crippen LogP contribution in [0.3, 0.4) is 0 Å². The van der Waals surface area contributed by atoms with Crippen LogP contribution in [0.2, 0.25) is 0 Å². The largest absolute Gasteiger partial charge is 0.492 e. The number of nitrogens with one attached hydrogen (secondary N) is 1. The molecule has 5 heteroatoms. The van der Waals surface area contributed by atoms with E-state index in [1.165, 1.54) is 0 Å². The third kappa shape index (κ3) is 4.74. The molecule has 1 aromatic carbocycles. The van der Waals surface area contributed by atoms with E-state index in [2.05, 4.69) is 24.1 Å². The standard InChI is InChI=1S/C15H25N3O2/c1-4-18(5-2)10-9-17-15(19)12-7-8-13(16)14(11-12)20-6-3/h7-8,11H,4-6,9-10,16H2,1-3H3,(H,17,19). The van der Waals surface area contributed by atoms with Gasteiger partial charge in [-0.1, -0.05) is 13.8 Å². The molecule has 1 rings (SSSR count). The summed E-state index contributed by atoms with van der Waals surface area (Å²) in [4.78, 5) is 14.3. The Morgan fingerprint density at radius 3 is 2.60 bits per heavy atom. The maximum Gasteiger partial charge on any atom is 0.251 e. The number of anilines is 1. The molecule has 1 amide bonds. The van der Waals surface area contributed by atoms with Gasteiger partial charge < -0.3 is 20.7 Å². The van der Waals surface area contributed by atoms with E-state index in [-0.39, 0.29) is 5.91 Å². The number of hydrogen-bond donors (Lipinski definition) is 2. The Balaban J connectivity index is 2.57. The van der Waals surface area contributed by atoms with Crippen LogP contribution in [0, 0.1) is 0 Å². The number of hydrogen-bond acceptors (Lipinski definition) is 4. The lowest BCUT2D eigenvalue weighted by Gasteiger charge is -2.18. The Kier molecular flexibility index (Phi) is 6.87. The van der Waals surface area contributed by atoms with Gasteiger partial charge in [0.2, 0.25) is 0 Å². The Bertz CT molecular complexity index is 431. The van der Waals surface area contributed by atoms with Gasteiger partial charge in [0.15, 0.2) is 0 Å². The third-order valence-corrected chi connectivity index (χ3v) is 3.18. The maximum absolute atomic E-state index is 12.0. The molecular weight excluding hydrogens is 254 g/mol. The number of rotatable bonds is 8. The maximum atomic E-state index is 12.0. The van der Waals surface area contributed by atoms with Crippen LogP contribution in [0.25, 0.3) is 0 Å². The van der Waals surface area contributed by atoms with Crippen LogP contribution in [-0.4, -0.2) is 43.6 Å². The molecule has 0 saturated heterocycles. The smallest absolute Gasteiger partial charge is 0.251 e. The first-order valence-corrected chi connectivity index (χ1v) is 7.15. The van der Waals surface area contributed by atoms with Crippen LogP contribution in [0.5, 0.6) is 5.75 Å². The fraction of sp³-hybridized carbons (Fsp3) is 0.533. The number of nitrogen functional groups attached to an aromatic ring is 1. The average molecular weight is 279 g/mol. The molecule has 0 heterocycles. The van der Waals surface area contributed by atoms with Gasteiger partial charge in [-0.05, 0) is 38.2 Å². The first-order valence-electron chi connectivity index (χ1n) is 7.15. The minimum Gasteiger partial charge on any atom is -0.492 e. The molecule has 0 atom stereocenters. The summed E-state index contributed by atoms with van der Waals surface area (Å²) >= 11 is 0. The molecule has 0 fully saturated rings. The zero-order valence-electron chi connectivity index (χ0n) is 12.6. The molecule has 0 saturated carbocycles. The lowest BCUT2D eigenvalue weighted by Crippen LogP contribution is -2.34. The average Bonchev–Trinajstić information content (AvgIpc) is 2.46. The van der Waals surface area contributed by atoms with E-state index in [9.17, 15) is 4.79 Å². The lowest BCUT2D eigenvalue weighted by molar-refractivity contribution is 0.0948. The van der Waals surface area contributed by atoms with Crippen LogP contribution >= 0.6 is 0 Å². The number of amides is 1. The minimum absolute atomic E-state index is 0.0990. The number of nitrogens with zero attached hydrogens (tertiary/aromatic N) is 1. The fourth-order valence-electron chi connectivity index (χ4n) is 1.93. The number of likely N-dealkylation sites (N-methyl/N-ethyl adjacent to an activating group) is 1. The quantitative estimate of drug-likeness (QED) is 0.711. The first-order chi connectivity index (χ1) is 9.62. The number of ether oxygens (including phenoxy) is 1. The zero-order valence-corrected chi connectivity index (χ0v) is 12.6. The molecule has 0 spiro atoms. The molecule has 0 aromatic heterocycles. The van der Waals surface area contributed by atoms with Crippen LogP contribution in [-0.2, 0) is 0 Å². The molecule has 20 heavy (non-hydrogen) atoms. The van der Waals surface area contributed by atoms with Crippen LogP contribution in [0.1, 0.15) is 31.1 Å². The number of carbonyl (C=O) groups excluding carboxylic acids is 1. The normalized spacial score (nSPS) is 10.6. The summed E-state index contributed by atoms with van der Waals surface area (Å²) in [5.74, 6) is 0.460. The van der Waals surface area contributed by atoms with E-state index in [1.54, 1.807) is 18.2 Å². The van der Waals surface area contributed by atoms with Gasteiger partial charge in [-0.15, -0.1) is 0 Å². The molecule has 0 aliphatic carbocycles. The number of benzene rings is 1. The van der Waals surface area contributed by atoms with Crippen molar-refractivity contribution in [2.45, 2.75) is 20.8 Å². The van der Waals surface area contributed by atoms with Crippen molar-refractivity contribution in [3.63, 3.8) is 0 Å². The van der Waals surface area contributed by atoms with Gasteiger partial charge in [0, 0.05) is 18.7 Å². The summed E-state index contributed by atoms with van der Waals surface area (Å²) in [6, 6.07) is 5.10. The van der Waals surface area contributed by atoms with Gasteiger partial charge in [0.25, 0.3) is 5.91 Å². The van der Waals surface area contributed by atoms with Crippen molar-refractivity contribution in [2.75, 3.05) is 38.5 Å². The first kappa shape index (κ1) is 16.3. The predicted molar refractivity (Wildman–Crippen MR) is 82.1 cm³/mol. The van der Waals surface area contributed by atoms with E-state index < -0.39 is 0 Å². The van der Waals surface area contributed by atoms with E-state index >= 15 is 0 Å². The molecule has 0 radical (unpaired) electrons. The summed E-state index contributed by atoms with van der Waals surface area (Å²) in [5.41, 5.74) is 6.91. The van der Waals surface area contributed by atoms with Gasteiger partial charge in [-0.3, -0.25) is 4.79 Å². The highest BCUT2D eigenvalue weighted by atomic mass is 16.5. The lowest BCUT2D eigenvalue weighted by atomic mass is 10.2. The summed E-state index contributed by atoms with van der Waals surface area (Å²) in [5, 5.41) is 2.91. The Morgan fingerprint density at radius 1 is 1.30 bits per heavy atom. The topological polar surface area (TPSA) is 67.6 Å². The Labute approximate surface area is 121 Å². The highest BCUT2D eigenvalue weighted by molar-refractivity contribution is 5.95. The summed E-state index contributed by atoms with van der Waals surface area (Å²) in [6.45, 7) is 10.1. The van der Waals surface area contributed by atoms with E-state index in [4.69, 9.17) is 10.5 Å². The van der Waals surface area contributed by atoms with E-state index in [0.717, 1.165) is 19.6 Å². The van der Waals surface area contributed by atoms with Crippen molar-refractivity contribution in [3.05, 3.63) is 23.8 Å². The Morgan fingerprint density at radius 2 is 2.00 bits per heavy atom. The highest BCUT2D eigenvalue weighted by Gasteiger charge is 2.09. The second-order valence-corrected chi connectivity index (χ2v) is 4.47. The molecular formula is C15H25N3O2. The van der Waals surface area contributed by atoms with Gasteiger partial charge in [0.1, 0.15) is 5.75 Å². The predicted octanol–water partition coefficient (Wildman–Crippen LogP) is 1.74. The Hall–Kier alpha value is -1.75. The van der Waals surface area contributed by atoms with Crippen molar-refractivity contribution in [1.29, 1.82) is 0 Å². The van der Waals surface area contributed by atoms with E-state index in [0.29, 0.717) is 30.2 Å². The SMILES string of the molecule is CCOc1cc(C(=O)NCCN(CC)CC)ccc1N. The van der Waals surface area contributed by atoms with E-state index in [1.807, 2.05) is 6.92 Å². The van der Waals surface area contributed by atoms with Crippen molar-refractivity contribution >= 4 is 11.6 Å². The summed E-state index contributed by atoms with van der Waals surface area (Å²) in [7, 11) is 0. The van der Waals surface area contributed by atoms with Gasteiger partial charge in [0.05, 0.1) is 12.3 Å². The van der Waals surface area contributed by atoms with Crippen molar-refractivity contribution in [2.24, 2.45) is 0 Å². The monoisotopic (exact) mass is 279 g/mol. The zero-order chi connectivity index (χ0) is 15.0. The molecule has 3 N–H and O–H groups in total. The summed E-state index contributed by atoms with van der Waals surface area (Å²) in [6.07, 6.45) is 0. The van der Waals surface area contributed by atoms with Crippen molar-refractivity contribution in [3.8, 4) is 5.75 Å². The fourth-order valence-corrected chi connectivity index (χ4v) is 1.93. The van der Waals surface area contributed by atoms with Crippen LogP contribution in [0.15, 0.2) is 18.2 Å². The second kappa shape index (κ2) is 8.43.